The quantitative estimate of drug-likeness (QED) is 0.227. The first-order valence-electron chi connectivity index (χ1n) is 14.1. The molecule has 40 heavy (non-hydrogen) atoms. The second-order valence-corrected chi connectivity index (χ2v) is 9.63. The van der Waals surface area contributed by atoms with Crippen molar-refractivity contribution in [1.29, 1.82) is 0 Å². The number of hydrogen-bond donors (Lipinski definition) is 0. The van der Waals surface area contributed by atoms with Crippen molar-refractivity contribution < 1.29 is 18.9 Å². The Morgan fingerprint density at radius 2 is 0.525 bits per heavy atom. The maximum Gasteiger partial charge on any atom is 0.126 e. The van der Waals surface area contributed by atoms with E-state index >= 15 is 0 Å². The number of para-hydroxylation sites is 4. The Kier molecular flexibility index (Phi) is 9.93. The number of ether oxygens (including phenoxy) is 4. The van der Waals surface area contributed by atoms with E-state index in [0.29, 0.717) is 26.4 Å². The first kappa shape index (κ1) is 27.1. The molecule has 4 aromatic carbocycles. The Morgan fingerprint density at radius 3 is 0.775 bits per heavy atom. The highest BCUT2D eigenvalue weighted by atomic mass is 16.5. The second-order valence-electron chi connectivity index (χ2n) is 9.63. The lowest BCUT2D eigenvalue weighted by atomic mass is 10.1. The van der Waals surface area contributed by atoms with Gasteiger partial charge in [-0.25, -0.2) is 0 Å². The molecule has 1 heterocycles. The molecule has 5 rings (SSSR count). The van der Waals surface area contributed by atoms with Gasteiger partial charge < -0.3 is 18.9 Å². The van der Waals surface area contributed by atoms with Gasteiger partial charge in [-0.05, 0) is 49.9 Å². The summed E-state index contributed by atoms with van der Waals surface area (Å²) in [6.07, 6.45) is 12.0. The third-order valence-corrected chi connectivity index (χ3v) is 6.67. The predicted octanol–water partition coefficient (Wildman–Crippen LogP) is 8.82. The van der Waals surface area contributed by atoms with Crippen LogP contribution in [0.3, 0.4) is 0 Å². The van der Waals surface area contributed by atoms with Gasteiger partial charge in [-0.1, -0.05) is 97.1 Å². The third-order valence-electron chi connectivity index (χ3n) is 6.67. The molecule has 204 valence electrons. The van der Waals surface area contributed by atoms with Crippen LogP contribution in [0.5, 0.6) is 23.0 Å². The van der Waals surface area contributed by atoms with Crippen molar-refractivity contribution in [2.75, 3.05) is 26.4 Å². The van der Waals surface area contributed by atoms with E-state index < -0.39 is 0 Å². The maximum atomic E-state index is 6.16. The van der Waals surface area contributed by atoms with Crippen LogP contribution in [-0.4, -0.2) is 26.4 Å². The number of benzene rings is 4. The average Bonchev–Trinajstić information content (AvgIpc) is 3.00. The molecule has 0 unspecified atom stereocenters. The first-order chi connectivity index (χ1) is 19.9. The Balaban J connectivity index is 1.32. The fourth-order valence-electron chi connectivity index (χ4n) is 4.49. The Hall–Kier alpha value is -4.44. The normalized spacial score (nSPS) is 16.4. The van der Waals surface area contributed by atoms with E-state index in [1.165, 1.54) is 0 Å². The average molecular weight is 533 g/mol. The molecule has 0 atom stereocenters. The minimum atomic E-state index is 0.631. The van der Waals surface area contributed by atoms with Crippen LogP contribution in [0.25, 0.3) is 24.3 Å². The number of fused-ring (bicyclic) bond motifs is 4. The highest BCUT2D eigenvalue weighted by molar-refractivity contribution is 5.75. The summed E-state index contributed by atoms with van der Waals surface area (Å²) < 4.78 is 24.6. The molecular formula is C36H36O4. The summed E-state index contributed by atoms with van der Waals surface area (Å²) in [5.74, 6) is 3.51. The largest absolute Gasteiger partial charge is 0.493 e. The molecular weight excluding hydrogens is 496 g/mol. The van der Waals surface area contributed by atoms with Crippen LogP contribution < -0.4 is 18.9 Å². The smallest absolute Gasteiger partial charge is 0.126 e. The van der Waals surface area contributed by atoms with Gasteiger partial charge in [0.2, 0.25) is 0 Å². The fraction of sp³-hybridized carbons (Fsp3) is 0.222. The minimum absolute atomic E-state index is 0.631. The van der Waals surface area contributed by atoms with Crippen LogP contribution in [0, 0.1) is 0 Å². The molecule has 0 amide bonds. The van der Waals surface area contributed by atoms with Gasteiger partial charge in [0.05, 0.1) is 26.4 Å². The third kappa shape index (κ3) is 7.79. The highest BCUT2D eigenvalue weighted by Crippen LogP contribution is 2.27. The van der Waals surface area contributed by atoms with Crippen molar-refractivity contribution in [2.24, 2.45) is 0 Å². The van der Waals surface area contributed by atoms with E-state index in [1.54, 1.807) is 0 Å². The summed E-state index contributed by atoms with van der Waals surface area (Å²) in [6.45, 7) is 2.52. The van der Waals surface area contributed by atoms with Gasteiger partial charge in [0.15, 0.2) is 0 Å². The summed E-state index contributed by atoms with van der Waals surface area (Å²) in [5.41, 5.74) is 4.17. The molecule has 1 aliphatic rings. The molecule has 0 saturated heterocycles. The van der Waals surface area contributed by atoms with Crippen LogP contribution in [0.4, 0.5) is 0 Å². The molecule has 4 nitrogen and oxygen atoms in total. The maximum absolute atomic E-state index is 6.16. The molecule has 0 aliphatic carbocycles. The van der Waals surface area contributed by atoms with Crippen molar-refractivity contribution in [3.63, 3.8) is 0 Å². The van der Waals surface area contributed by atoms with Gasteiger partial charge in [-0.3, -0.25) is 0 Å². The summed E-state index contributed by atoms with van der Waals surface area (Å²) in [4.78, 5) is 0. The fourth-order valence-corrected chi connectivity index (χ4v) is 4.49. The Bertz CT molecular complexity index is 1210. The zero-order valence-electron chi connectivity index (χ0n) is 22.8. The summed E-state index contributed by atoms with van der Waals surface area (Å²) in [7, 11) is 0. The monoisotopic (exact) mass is 532 g/mol. The first-order valence-corrected chi connectivity index (χ1v) is 14.1. The molecule has 4 aromatic rings. The van der Waals surface area contributed by atoms with E-state index in [4.69, 9.17) is 18.9 Å². The van der Waals surface area contributed by atoms with Crippen molar-refractivity contribution in [1.82, 2.24) is 0 Å². The topological polar surface area (TPSA) is 36.9 Å². The van der Waals surface area contributed by atoms with E-state index in [-0.39, 0.29) is 0 Å². The van der Waals surface area contributed by atoms with Crippen LogP contribution in [0.2, 0.25) is 0 Å². The molecule has 0 N–H and O–H groups in total. The number of rotatable bonds is 0. The van der Waals surface area contributed by atoms with Crippen LogP contribution in [0.1, 0.15) is 47.9 Å². The van der Waals surface area contributed by atoms with Gasteiger partial charge in [0.25, 0.3) is 0 Å². The number of hydrogen-bond acceptors (Lipinski definition) is 4. The summed E-state index contributed by atoms with van der Waals surface area (Å²) in [5, 5.41) is 0. The standard InChI is InChI=1S/C36H36O4/c1-5-17-33-29(13-1)21-22-30-14-2-6-18-34(30)38-27-11-12-28-40-36-20-8-4-16-32(36)24-23-31-15-3-7-19-35(31)39-26-10-9-25-37-33/h1-8,13-24H,9-12,25-28H2/b22-21-,24-23-. The van der Waals surface area contributed by atoms with Gasteiger partial charge in [-0.2, -0.15) is 0 Å². The van der Waals surface area contributed by atoms with Gasteiger partial charge in [0, 0.05) is 22.3 Å². The van der Waals surface area contributed by atoms with Crippen molar-refractivity contribution in [3.8, 4) is 23.0 Å². The molecule has 0 bridgehead atoms. The Labute approximate surface area is 237 Å². The lowest BCUT2D eigenvalue weighted by Gasteiger charge is -2.12. The SMILES string of the molecule is C1=C\c2ccccc2OCCCCOc2ccccc2/C=C\c2ccccc2OCCCCOc2ccccc2/1. The highest BCUT2D eigenvalue weighted by Gasteiger charge is 2.06. The van der Waals surface area contributed by atoms with E-state index in [9.17, 15) is 0 Å². The molecule has 0 saturated carbocycles. The van der Waals surface area contributed by atoms with E-state index in [1.807, 2.05) is 72.8 Å². The van der Waals surface area contributed by atoms with Gasteiger partial charge in [-0.15, -0.1) is 0 Å². The molecule has 0 aromatic heterocycles. The van der Waals surface area contributed by atoms with Gasteiger partial charge >= 0.3 is 0 Å². The zero-order valence-corrected chi connectivity index (χ0v) is 22.8. The molecule has 0 fully saturated rings. The lowest BCUT2D eigenvalue weighted by Crippen LogP contribution is -2.04. The Morgan fingerprint density at radius 1 is 0.300 bits per heavy atom. The molecule has 0 spiro atoms. The second kappa shape index (κ2) is 14.6. The summed E-state index contributed by atoms with van der Waals surface area (Å²) in [6, 6.07) is 32.5. The van der Waals surface area contributed by atoms with Crippen molar-refractivity contribution in [3.05, 3.63) is 119 Å². The van der Waals surface area contributed by atoms with Crippen molar-refractivity contribution >= 4 is 24.3 Å². The lowest BCUT2D eigenvalue weighted by molar-refractivity contribution is 0.266. The van der Waals surface area contributed by atoms with E-state index in [2.05, 4.69) is 48.6 Å². The molecule has 4 heteroatoms. The van der Waals surface area contributed by atoms with Crippen LogP contribution in [-0.2, 0) is 0 Å². The zero-order chi connectivity index (χ0) is 27.2. The van der Waals surface area contributed by atoms with Crippen molar-refractivity contribution in [2.45, 2.75) is 25.7 Å². The summed E-state index contributed by atoms with van der Waals surface area (Å²) >= 11 is 0. The van der Waals surface area contributed by atoms with Crippen LogP contribution >= 0.6 is 0 Å². The predicted molar refractivity (Wildman–Crippen MR) is 164 cm³/mol. The van der Waals surface area contributed by atoms with Gasteiger partial charge in [0.1, 0.15) is 23.0 Å². The molecule has 0 radical (unpaired) electrons. The van der Waals surface area contributed by atoms with E-state index in [0.717, 1.165) is 70.9 Å². The molecule has 1 aliphatic heterocycles. The minimum Gasteiger partial charge on any atom is -0.493 e. The van der Waals surface area contributed by atoms with Crippen LogP contribution in [0.15, 0.2) is 97.1 Å².